The number of H-pyrrole nitrogens is 2. The van der Waals surface area contributed by atoms with Gasteiger partial charge in [0.05, 0.1) is 22.5 Å². The summed E-state index contributed by atoms with van der Waals surface area (Å²) in [7, 11) is 0. The zero-order valence-corrected chi connectivity index (χ0v) is 7.13. The van der Waals surface area contributed by atoms with Gasteiger partial charge in [-0.25, -0.2) is 0 Å². The van der Waals surface area contributed by atoms with E-state index in [0.717, 1.165) is 0 Å². The Hall–Kier alpha value is -2.10. The molecule has 1 aliphatic carbocycles. The summed E-state index contributed by atoms with van der Waals surface area (Å²) in [6.07, 6.45) is 3.21. The molecule has 0 aliphatic heterocycles. The molecule has 4 nitrogen and oxygen atoms in total. The molecule has 0 radical (unpaired) electrons. The van der Waals surface area contributed by atoms with Crippen molar-refractivity contribution in [2.45, 2.75) is 0 Å². The molecule has 0 fully saturated rings. The summed E-state index contributed by atoms with van der Waals surface area (Å²) in [5.41, 5.74) is 1.68. The molecule has 0 saturated carbocycles. The summed E-state index contributed by atoms with van der Waals surface area (Å²) < 4.78 is 0. The van der Waals surface area contributed by atoms with Gasteiger partial charge in [0.1, 0.15) is 0 Å². The lowest BCUT2D eigenvalue weighted by molar-refractivity contribution is 0.0974. The van der Waals surface area contributed by atoms with Crippen LogP contribution in [0.5, 0.6) is 0 Å². The maximum atomic E-state index is 11.8. The van der Waals surface area contributed by atoms with Crippen molar-refractivity contribution in [3.05, 3.63) is 47.0 Å². The van der Waals surface area contributed by atoms with E-state index in [4.69, 9.17) is 0 Å². The maximum Gasteiger partial charge on any atom is 0.226 e. The fraction of sp³-hybridized carbons (Fsp3) is 0. The normalized spacial score (nSPS) is 14.0. The molecule has 3 rings (SSSR count). The van der Waals surface area contributed by atoms with E-state index in [9.17, 15) is 9.59 Å². The zero-order valence-electron chi connectivity index (χ0n) is 7.13. The molecule has 4 heteroatoms. The standard InChI is InChI=1S/C10H6N2O2/c13-9-5-1-3-11-7(5)10(14)8-6(9)2-4-12-8/h1-4,11-12H. The molecular weight excluding hydrogens is 180 g/mol. The van der Waals surface area contributed by atoms with Crippen LogP contribution in [0.3, 0.4) is 0 Å². The molecule has 1 aliphatic rings. The zero-order chi connectivity index (χ0) is 9.71. The molecule has 0 saturated heterocycles. The minimum Gasteiger partial charge on any atom is -0.358 e. The van der Waals surface area contributed by atoms with Gasteiger partial charge in [-0.15, -0.1) is 0 Å². The van der Waals surface area contributed by atoms with Gasteiger partial charge in [-0.3, -0.25) is 9.59 Å². The van der Waals surface area contributed by atoms with E-state index in [1.54, 1.807) is 24.5 Å². The lowest BCUT2D eigenvalue weighted by Crippen LogP contribution is -2.19. The number of carbonyl (C=O) groups excluding carboxylic acids is 2. The van der Waals surface area contributed by atoms with Crippen LogP contribution in [0, 0.1) is 0 Å². The average molecular weight is 186 g/mol. The van der Waals surface area contributed by atoms with Crippen molar-refractivity contribution < 1.29 is 9.59 Å². The smallest absolute Gasteiger partial charge is 0.226 e. The third-order valence-corrected chi connectivity index (χ3v) is 2.44. The first-order valence-corrected chi connectivity index (χ1v) is 4.23. The maximum absolute atomic E-state index is 11.8. The van der Waals surface area contributed by atoms with Gasteiger partial charge in [-0.05, 0) is 12.1 Å². The highest BCUT2D eigenvalue weighted by Gasteiger charge is 2.31. The summed E-state index contributed by atoms with van der Waals surface area (Å²) in [6.45, 7) is 0. The Morgan fingerprint density at radius 1 is 0.786 bits per heavy atom. The van der Waals surface area contributed by atoms with Crippen molar-refractivity contribution in [3.8, 4) is 0 Å². The van der Waals surface area contributed by atoms with E-state index in [0.29, 0.717) is 22.5 Å². The number of carbonyl (C=O) groups is 2. The number of aromatic amines is 2. The number of ketones is 2. The quantitative estimate of drug-likeness (QED) is 0.552. The Bertz CT molecular complexity index is 457. The van der Waals surface area contributed by atoms with E-state index in [-0.39, 0.29) is 11.6 Å². The van der Waals surface area contributed by atoms with Crippen molar-refractivity contribution in [2.75, 3.05) is 0 Å². The van der Waals surface area contributed by atoms with Gasteiger partial charge in [-0.1, -0.05) is 0 Å². The van der Waals surface area contributed by atoms with Crippen LogP contribution < -0.4 is 0 Å². The van der Waals surface area contributed by atoms with Gasteiger partial charge >= 0.3 is 0 Å². The topological polar surface area (TPSA) is 65.7 Å². The predicted molar refractivity (Wildman–Crippen MR) is 48.5 cm³/mol. The Morgan fingerprint density at radius 2 is 1.29 bits per heavy atom. The Morgan fingerprint density at radius 3 is 1.79 bits per heavy atom. The summed E-state index contributed by atoms with van der Waals surface area (Å²) in [4.78, 5) is 29.1. The van der Waals surface area contributed by atoms with Gasteiger partial charge in [0, 0.05) is 12.4 Å². The summed E-state index contributed by atoms with van der Waals surface area (Å²) in [5.74, 6) is -0.248. The summed E-state index contributed by atoms with van der Waals surface area (Å²) in [6, 6.07) is 3.26. The largest absolute Gasteiger partial charge is 0.358 e. The predicted octanol–water partition coefficient (Wildman–Crippen LogP) is 1.12. The molecule has 0 spiro atoms. The summed E-state index contributed by atoms with van der Waals surface area (Å²) >= 11 is 0. The first kappa shape index (κ1) is 7.32. The molecule has 0 unspecified atom stereocenters. The number of hydrogen-bond acceptors (Lipinski definition) is 2. The number of nitrogens with one attached hydrogen (secondary N) is 2. The first-order chi connectivity index (χ1) is 6.79. The van der Waals surface area contributed by atoms with E-state index in [2.05, 4.69) is 9.97 Å². The van der Waals surface area contributed by atoms with Crippen molar-refractivity contribution in [2.24, 2.45) is 0 Å². The summed E-state index contributed by atoms with van der Waals surface area (Å²) in [5, 5.41) is 0. The number of hydrogen-bond donors (Lipinski definition) is 2. The highest BCUT2D eigenvalue weighted by atomic mass is 16.1. The average Bonchev–Trinajstić information content (AvgIpc) is 2.82. The molecule has 2 heterocycles. The number of fused-ring (bicyclic) bond motifs is 2. The molecule has 0 amide bonds. The SMILES string of the molecule is O=C1c2cc[nH]c2C(=O)c2[nH]ccc21. The molecule has 0 bridgehead atoms. The second kappa shape index (κ2) is 2.23. The Labute approximate surface area is 79.0 Å². The minimum atomic E-state index is -0.149. The monoisotopic (exact) mass is 186 g/mol. The van der Waals surface area contributed by atoms with Crippen molar-refractivity contribution in [1.29, 1.82) is 0 Å². The van der Waals surface area contributed by atoms with Crippen LogP contribution in [-0.4, -0.2) is 21.5 Å². The van der Waals surface area contributed by atoms with Gasteiger partial charge in [0.25, 0.3) is 0 Å². The molecule has 2 aromatic rings. The number of aromatic nitrogens is 2. The molecule has 68 valence electrons. The molecule has 0 atom stereocenters. The van der Waals surface area contributed by atoms with E-state index in [1.165, 1.54) is 0 Å². The highest BCUT2D eigenvalue weighted by Crippen LogP contribution is 2.24. The van der Waals surface area contributed by atoms with Crippen LogP contribution in [0.2, 0.25) is 0 Å². The number of rotatable bonds is 0. The molecule has 0 aromatic carbocycles. The third-order valence-electron chi connectivity index (χ3n) is 2.44. The third kappa shape index (κ3) is 0.682. The van der Waals surface area contributed by atoms with Crippen LogP contribution in [0.25, 0.3) is 0 Å². The van der Waals surface area contributed by atoms with Gasteiger partial charge < -0.3 is 9.97 Å². The van der Waals surface area contributed by atoms with E-state index < -0.39 is 0 Å². The van der Waals surface area contributed by atoms with Crippen LogP contribution >= 0.6 is 0 Å². The molecule has 2 aromatic heterocycles. The van der Waals surface area contributed by atoms with Crippen molar-refractivity contribution in [1.82, 2.24) is 9.97 Å². The van der Waals surface area contributed by atoms with Crippen LogP contribution in [-0.2, 0) is 0 Å². The van der Waals surface area contributed by atoms with Gasteiger partial charge in [-0.2, -0.15) is 0 Å². The van der Waals surface area contributed by atoms with Crippen LogP contribution in [0.1, 0.15) is 32.1 Å². The van der Waals surface area contributed by atoms with E-state index >= 15 is 0 Å². The fourth-order valence-electron chi connectivity index (χ4n) is 1.76. The minimum absolute atomic E-state index is 0.0999. The molecule has 14 heavy (non-hydrogen) atoms. The lowest BCUT2D eigenvalue weighted by atomic mass is 9.94. The second-order valence-corrected chi connectivity index (χ2v) is 3.19. The second-order valence-electron chi connectivity index (χ2n) is 3.19. The fourth-order valence-corrected chi connectivity index (χ4v) is 1.76. The van der Waals surface area contributed by atoms with Crippen LogP contribution in [0.15, 0.2) is 24.5 Å². The highest BCUT2D eigenvalue weighted by molar-refractivity contribution is 6.27. The Balaban J connectivity index is 2.37. The van der Waals surface area contributed by atoms with Gasteiger partial charge in [0.15, 0.2) is 5.78 Å². The van der Waals surface area contributed by atoms with E-state index in [1.807, 2.05) is 0 Å². The lowest BCUT2D eigenvalue weighted by Gasteiger charge is -2.09. The Kier molecular flexibility index (Phi) is 1.16. The first-order valence-electron chi connectivity index (χ1n) is 4.23. The van der Waals surface area contributed by atoms with Crippen molar-refractivity contribution in [3.63, 3.8) is 0 Å². The molecule has 2 N–H and O–H groups in total. The molecular formula is C10H6N2O2. The van der Waals surface area contributed by atoms with Crippen LogP contribution in [0.4, 0.5) is 0 Å². The van der Waals surface area contributed by atoms with Crippen molar-refractivity contribution >= 4 is 11.6 Å². The van der Waals surface area contributed by atoms with Gasteiger partial charge in [0.2, 0.25) is 5.78 Å².